The smallest absolute Gasteiger partial charge is 0.305 e. The average molecular weight is 474 g/mol. The SMILES string of the molecule is Cc1cc(OC(C)c2ccc(C(=O)NCCC(=O)O)cc2)cc(C)c1-c1ccc(C(C)(C)C)cc1. The molecule has 1 unspecified atom stereocenters. The quantitative estimate of drug-likeness (QED) is 0.386. The van der Waals surface area contributed by atoms with Crippen LogP contribution in [-0.2, 0) is 10.2 Å². The van der Waals surface area contributed by atoms with Crippen LogP contribution < -0.4 is 10.1 Å². The molecule has 0 aliphatic carbocycles. The number of benzene rings is 3. The fourth-order valence-corrected chi connectivity index (χ4v) is 4.15. The molecule has 3 rings (SSSR count). The summed E-state index contributed by atoms with van der Waals surface area (Å²) in [6, 6.07) is 20.1. The van der Waals surface area contributed by atoms with E-state index in [0.29, 0.717) is 5.56 Å². The topological polar surface area (TPSA) is 75.6 Å². The van der Waals surface area contributed by atoms with Gasteiger partial charge in [-0.15, -0.1) is 0 Å². The summed E-state index contributed by atoms with van der Waals surface area (Å²) in [6.45, 7) is 12.9. The van der Waals surface area contributed by atoms with Gasteiger partial charge in [0.25, 0.3) is 5.91 Å². The van der Waals surface area contributed by atoms with Crippen molar-refractivity contribution in [3.8, 4) is 16.9 Å². The van der Waals surface area contributed by atoms with Crippen molar-refractivity contribution in [3.05, 3.63) is 88.5 Å². The lowest BCUT2D eigenvalue weighted by atomic mass is 9.85. The van der Waals surface area contributed by atoms with Gasteiger partial charge in [-0.2, -0.15) is 0 Å². The number of carboxylic acids is 1. The molecule has 0 spiro atoms. The highest BCUT2D eigenvalue weighted by Gasteiger charge is 2.16. The van der Waals surface area contributed by atoms with Crippen molar-refractivity contribution in [2.45, 2.75) is 59.5 Å². The Morgan fingerprint density at radius 1 is 0.943 bits per heavy atom. The molecule has 35 heavy (non-hydrogen) atoms. The maximum Gasteiger partial charge on any atom is 0.305 e. The molecule has 184 valence electrons. The maximum atomic E-state index is 12.2. The fourth-order valence-electron chi connectivity index (χ4n) is 4.15. The zero-order valence-electron chi connectivity index (χ0n) is 21.4. The minimum atomic E-state index is -0.941. The van der Waals surface area contributed by atoms with Gasteiger partial charge in [0, 0.05) is 12.1 Å². The number of carboxylic acid groups (broad SMARTS) is 1. The maximum absolute atomic E-state index is 12.2. The summed E-state index contributed by atoms with van der Waals surface area (Å²) in [6.07, 6.45) is -0.302. The first-order chi connectivity index (χ1) is 16.5. The Hall–Kier alpha value is -3.60. The molecule has 5 nitrogen and oxygen atoms in total. The first-order valence-electron chi connectivity index (χ1n) is 11.9. The third-order valence-electron chi connectivity index (χ3n) is 6.13. The van der Waals surface area contributed by atoms with Gasteiger partial charge in [0.15, 0.2) is 0 Å². The van der Waals surface area contributed by atoms with Gasteiger partial charge < -0.3 is 15.2 Å². The normalized spacial score (nSPS) is 12.2. The lowest BCUT2D eigenvalue weighted by molar-refractivity contribution is -0.136. The largest absolute Gasteiger partial charge is 0.486 e. The predicted octanol–water partition coefficient (Wildman–Crippen LogP) is 6.61. The Morgan fingerprint density at radius 2 is 1.51 bits per heavy atom. The zero-order valence-corrected chi connectivity index (χ0v) is 21.4. The van der Waals surface area contributed by atoms with Gasteiger partial charge in [0.2, 0.25) is 0 Å². The van der Waals surface area contributed by atoms with E-state index in [0.717, 1.165) is 22.4 Å². The number of aliphatic carboxylic acids is 1. The van der Waals surface area contributed by atoms with Crippen LogP contribution in [0.1, 0.15) is 72.8 Å². The Balaban J connectivity index is 1.70. The van der Waals surface area contributed by atoms with Crippen molar-refractivity contribution < 1.29 is 19.4 Å². The Labute approximate surface area is 208 Å². The van der Waals surface area contributed by atoms with Gasteiger partial charge in [-0.25, -0.2) is 0 Å². The van der Waals surface area contributed by atoms with Crippen LogP contribution >= 0.6 is 0 Å². The first kappa shape index (κ1) is 26.0. The molecule has 0 bridgehead atoms. The van der Waals surface area contributed by atoms with E-state index in [2.05, 4.69) is 76.3 Å². The molecule has 2 N–H and O–H groups in total. The van der Waals surface area contributed by atoms with Crippen molar-refractivity contribution >= 4 is 11.9 Å². The van der Waals surface area contributed by atoms with Crippen molar-refractivity contribution in [2.75, 3.05) is 6.54 Å². The van der Waals surface area contributed by atoms with E-state index in [4.69, 9.17) is 9.84 Å². The van der Waals surface area contributed by atoms with E-state index in [9.17, 15) is 9.59 Å². The molecular formula is C30H35NO4. The second-order valence-electron chi connectivity index (χ2n) is 10.0. The van der Waals surface area contributed by atoms with E-state index in [1.165, 1.54) is 16.7 Å². The molecule has 5 heteroatoms. The molecule has 0 heterocycles. The summed E-state index contributed by atoms with van der Waals surface area (Å²) < 4.78 is 6.24. The molecule has 0 fully saturated rings. The monoisotopic (exact) mass is 473 g/mol. The van der Waals surface area contributed by atoms with E-state index in [1.54, 1.807) is 12.1 Å². The number of aryl methyl sites for hydroxylation is 2. The second-order valence-corrected chi connectivity index (χ2v) is 10.0. The molecule has 3 aromatic carbocycles. The highest BCUT2D eigenvalue weighted by molar-refractivity contribution is 5.94. The van der Waals surface area contributed by atoms with E-state index in [-0.39, 0.29) is 30.4 Å². The summed E-state index contributed by atoms with van der Waals surface area (Å²) in [4.78, 5) is 22.8. The molecule has 0 aromatic heterocycles. The van der Waals surface area contributed by atoms with Gasteiger partial charge >= 0.3 is 5.97 Å². The molecule has 0 saturated carbocycles. The number of rotatable bonds is 8. The molecule has 3 aromatic rings. The molecular weight excluding hydrogens is 438 g/mol. The first-order valence-corrected chi connectivity index (χ1v) is 11.9. The number of amides is 1. The van der Waals surface area contributed by atoms with Crippen LogP contribution in [0.3, 0.4) is 0 Å². The van der Waals surface area contributed by atoms with Crippen LogP contribution in [0.5, 0.6) is 5.75 Å². The van der Waals surface area contributed by atoms with Crippen LogP contribution in [0.15, 0.2) is 60.7 Å². The van der Waals surface area contributed by atoms with Gasteiger partial charge in [-0.3, -0.25) is 9.59 Å². The van der Waals surface area contributed by atoms with Gasteiger partial charge in [0.05, 0.1) is 6.42 Å². The third kappa shape index (κ3) is 6.72. The van der Waals surface area contributed by atoms with E-state index in [1.807, 2.05) is 19.1 Å². The number of carbonyl (C=O) groups is 2. The summed E-state index contributed by atoms with van der Waals surface area (Å²) in [7, 11) is 0. The summed E-state index contributed by atoms with van der Waals surface area (Å²) in [5.41, 5.74) is 7.61. The molecule has 0 aliphatic rings. The summed E-state index contributed by atoms with van der Waals surface area (Å²) in [5.74, 6) is -0.426. The van der Waals surface area contributed by atoms with Crippen LogP contribution in [-0.4, -0.2) is 23.5 Å². The minimum Gasteiger partial charge on any atom is -0.486 e. The molecule has 1 amide bonds. The molecule has 1 atom stereocenters. The Morgan fingerprint density at radius 3 is 2.03 bits per heavy atom. The number of hydrogen-bond donors (Lipinski definition) is 2. The highest BCUT2D eigenvalue weighted by Crippen LogP contribution is 2.34. The fraction of sp³-hybridized carbons (Fsp3) is 0.333. The van der Waals surface area contributed by atoms with Crippen molar-refractivity contribution in [3.63, 3.8) is 0 Å². The standard InChI is InChI=1S/C30H35NO4/c1-19-17-26(18-20(2)28(19)23-11-13-25(14-12-23)30(4,5)6)35-21(3)22-7-9-24(10-8-22)29(34)31-16-15-27(32)33/h7-14,17-18,21H,15-16H2,1-6H3,(H,31,34)(H,32,33). The van der Waals surface area contributed by atoms with Crippen molar-refractivity contribution in [1.82, 2.24) is 5.32 Å². The second kappa shape index (κ2) is 10.8. The van der Waals surface area contributed by atoms with Crippen LogP contribution in [0.25, 0.3) is 11.1 Å². The number of ether oxygens (including phenoxy) is 1. The van der Waals surface area contributed by atoms with Crippen molar-refractivity contribution in [2.24, 2.45) is 0 Å². The zero-order chi connectivity index (χ0) is 25.8. The summed E-state index contributed by atoms with van der Waals surface area (Å²) >= 11 is 0. The lowest BCUT2D eigenvalue weighted by Gasteiger charge is -2.21. The average Bonchev–Trinajstić information content (AvgIpc) is 2.78. The molecule has 0 aliphatic heterocycles. The van der Waals surface area contributed by atoms with Gasteiger partial charge in [0.1, 0.15) is 11.9 Å². The number of carbonyl (C=O) groups excluding carboxylic acids is 1. The van der Waals surface area contributed by atoms with Crippen LogP contribution in [0.4, 0.5) is 0 Å². The van der Waals surface area contributed by atoms with E-state index < -0.39 is 5.97 Å². The minimum absolute atomic E-state index is 0.102. The summed E-state index contributed by atoms with van der Waals surface area (Å²) in [5, 5.41) is 11.3. The molecule has 0 saturated heterocycles. The highest BCUT2D eigenvalue weighted by atomic mass is 16.5. The van der Waals surface area contributed by atoms with Crippen LogP contribution in [0.2, 0.25) is 0 Å². The number of nitrogens with one attached hydrogen (secondary N) is 1. The molecule has 0 radical (unpaired) electrons. The van der Waals surface area contributed by atoms with E-state index >= 15 is 0 Å². The van der Waals surface area contributed by atoms with Crippen LogP contribution in [0, 0.1) is 13.8 Å². The van der Waals surface area contributed by atoms with Crippen molar-refractivity contribution in [1.29, 1.82) is 0 Å². The van der Waals surface area contributed by atoms with Gasteiger partial charge in [-0.05, 0) is 83.8 Å². The van der Waals surface area contributed by atoms with Gasteiger partial charge in [-0.1, -0.05) is 57.2 Å². The lowest BCUT2D eigenvalue weighted by Crippen LogP contribution is -2.25. The third-order valence-corrected chi connectivity index (χ3v) is 6.13. The number of hydrogen-bond acceptors (Lipinski definition) is 3. The Kier molecular flexibility index (Phi) is 8.00. The predicted molar refractivity (Wildman–Crippen MR) is 140 cm³/mol. The Bertz CT molecular complexity index is 1170.